The zero-order valence-electron chi connectivity index (χ0n) is 21.8. The molecule has 200 valence electrons. The highest BCUT2D eigenvalue weighted by Crippen LogP contribution is 2.42. The average molecular weight is 535 g/mol. The third kappa shape index (κ3) is 6.25. The summed E-state index contributed by atoms with van der Waals surface area (Å²) in [6, 6.07) is 21.6. The smallest absolute Gasteiger partial charge is 0.338 e. The van der Waals surface area contributed by atoms with E-state index in [0.717, 1.165) is 18.4 Å². The van der Waals surface area contributed by atoms with Crippen LogP contribution in [0, 0.1) is 0 Å². The van der Waals surface area contributed by atoms with Crippen molar-refractivity contribution in [2.45, 2.75) is 68.9 Å². The molecule has 0 saturated heterocycles. The van der Waals surface area contributed by atoms with Crippen molar-refractivity contribution in [2.24, 2.45) is 0 Å². The summed E-state index contributed by atoms with van der Waals surface area (Å²) in [5, 5.41) is 11.1. The maximum atomic E-state index is 13.4. The number of aliphatic hydroxyl groups is 1. The van der Waals surface area contributed by atoms with Crippen LogP contribution in [0.25, 0.3) is 0 Å². The van der Waals surface area contributed by atoms with Gasteiger partial charge in [0.05, 0.1) is 5.57 Å². The van der Waals surface area contributed by atoms with Gasteiger partial charge in [0.15, 0.2) is 5.03 Å². The Kier molecular flexibility index (Phi) is 8.52. The van der Waals surface area contributed by atoms with Crippen LogP contribution in [0.5, 0.6) is 0 Å². The van der Waals surface area contributed by atoms with E-state index in [1.54, 1.807) is 30.3 Å². The predicted molar refractivity (Wildman–Crippen MR) is 147 cm³/mol. The Morgan fingerprint density at radius 1 is 1.03 bits per heavy atom. The van der Waals surface area contributed by atoms with Crippen LogP contribution in [-0.2, 0) is 26.0 Å². The van der Waals surface area contributed by atoms with Crippen molar-refractivity contribution >= 4 is 21.7 Å². The first-order valence-corrected chi connectivity index (χ1v) is 14.5. The minimum atomic E-state index is -3.87. The summed E-state index contributed by atoms with van der Waals surface area (Å²) < 4.78 is 34.2. The number of rotatable bonds is 11. The molecule has 1 aliphatic heterocycles. The van der Waals surface area contributed by atoms with E-state index >= 15 is 0 Å². The normalized spacial score (nSPS) is 18.6. The molecule has 0 amide bonds. The van der Waals surface area contributed by atoms with Gasteiger partial charge >= 0.3 is 5.97 Å². The topological polar surface area (TPSA) is 106 Å². The summed E-state index contributed by atoms with van der Waals surface area (Å²) in [6.45, 7) is 3.97. The zero-order chi connectivity index (χ0) is 27.2. The van der Waals surface area contributed by atoms with Gasteiger partial charge in [0.1, 0.15) is 11.4 Å². The number of carbonyl (C=O) groups is 1. The highest BCUT2D eigenvalue weighted by molar-refractivity contribution is 7.92. The first-order chi connectivity index (χ1) is 18.3. The first-order valence-electron chi connectivity index (χ1n) is 13.0. The Morgan fingerprint density at radius 3 is 2.45 bits per heavy atom. The first kappa shape index (κ1) is 27.4. The number of pyridine rings is 1. The number of aryl methyl sites for hydroxylation is 1. The molecule has 2 atom stereocenters. The van der Waals surface area contributed by atoms with E-state index in [2.05, 4.69) is 9.71 Å². The van der Waals surface area contributed by atoms with Gasteiger partial charge in [0.2, 0.25) is 0 Å². The molecule has 2 unspecified atom stereocenters. The Hall–Kier alpha value is -3.65. The predicted octanol–water partition coefficient (Wildman–Crippen LogP) is 6.31. The van der Waals surface area contributed by atoms with E-state index in [0.29, 0.717) is 30.5 Å². The molecule has 2 aromatic carbocycles. The number of hydrogen-bond acceptors (Lipinski definition) is 6. The molecule has 8 heteroatoms. The second kappa shape index (κ2) is 11.8. The fraction of sp³-hybridized carbons (Fsp3) is 0.333. The molecule has 1 aliphatic rings. The number of hydrogen-bond donors (Lipinski definition) is 2. The second-order valence-corrected chi connectivity index (χ2v) is 11.3. The van der Waals surface area contributed by atoms with Crippen LogP contribution in [0.1, 0.15) is 63.0 Å². The maximum Gasteiger partial charge on any atom is 0.338 e. The van der Waals surface area contributed by atoms with Gasteiger partial charge in [-0.15, -0.1) is 0 Å². The molecule has 7 nitrogen and oxygen atoms in total. The highest BCUT2D eigenvalue weighted by Gasteiger charge is 2.43. The van der Waals surface area contributed by atoms with Gasteiger partial charge in [0, 0.05) is 24.2 Å². The Labute approximate surface area is 224 Å². The lowest BCUT2D eigenvalue weighted by atomic mass is 9.80. The van der Waals surface area contributed by atoms with Crippen molar-refractivity contribution in [3.8, 4) is 0 Å². The van der Waals surface area contributed by atoms with Crippen LogP contribution < -0.4 is 4.72 Å². The monoisotopic (exact) mass is 534 g/mol. The number of nitrogens with one attached hydrogen (secondary N) is 1. The summed E-state index contributed by atoms with van der Waals surface area (Å²) in [6.07, 6.45) is 5.04. The third-order valence-electron chi connectivity index (χ3n) is 6.96. The van der Waals surface area contributed by atoms with Crippen molar-refractivity contribution in [3.63, 3.8) is 0 Å². The summed E-state index contributed by atoms with van der Waals surface area (Å²) in [4.78, 5) is 17.3. The summed E-state index contributed by atoms with van der Waals surface area (Å²) >= 11 is 0. The van der Waals surface area contributed by atoms with Gasteiger partial charge in [-0.25, -0.2) is 9.78 Å². The molecule has 4 rings (SSSR count). The lowest BCUT2D eigenvalue weighted by Crippen LogP contribution is -2.41. The summed E-state index contributed by atoms with van der Waals surface area (Å²) in [7, 11) is -3.87. The summed E-state index contributed by atoms with van der Waals surface area (Å²) in [5.41, 5.74) is 1.69. The Balaban J connectivity index is 1.59. The molecule has 1 aromatic heterocycles. The average Bonchev–Trinajstić information content (AvgIpc) is 2.91. The van der Waals surface area contributed by atoms with E-state index in [1.807, 2.05) is 50.2 Å². The molecule has 0 aliphatic carbocycles. The molecule has 2 N–H and O–H groups in total. The van der Waals surface area contributed by atoms with E-state index in [1.165, 1.54) is 12.3 Å². The number of sulfonamides is 1. The number of benzene rings is 2. The van der Waals surface area contributed by atoms with Crippen LogP contribution in [0.15, 0.2) is 95.4 Å². The lowest BCUT2D eigenvalue weighted by Gasteiger charge is -2.38. The largest absolute Gasteiger partial charge is 0.512 e. The number of aliphatic hydroxyl groups excluding tert-OH is 1. The molecule has 3 aromatic rings. The Bertz CT molecular complexity index is 1390. The molecule has 0 radical (unpaired) electrons. The van der Waals surface area contributed by atoms with Crippen molar-refractivity contribution < 1.29 is 23.1 Å². The summed E-state index contributed by atoms with van der Waals surface area (Å²) in [5.74, 6) is -0.911. The highest BCUT2D eigenvalue weighted by atomic mass is 32.2. The number of ether oxygens (including phenoxy) is 1. The van der Waals surface area contributed by atoms with Crippen LogP contribution >= 0.6 is 0 Å². The molecule has 0 fully saturated rings. The molecule has 0 spiro atoms. The number of aromatic nitrogens is 1. The zero-order valence-corrected chi connectivity index (χ0v) is 22.6. The quantitative estimate of drug-likeness (QED) is 0.279. The number of cyclic esters (lactones) is 1. The standard InChI is InChI=1S/C30H34N2O5S/c1-3-17-30(18-16-22-11-6-5-7-12-22)21-26(33)28(29(34)37-30)25(4-2)23-13-10-14-24(20-23)32-38(35,36)27-15-8-9-19-31-27/h5-15,19-20,25,32-33H,3-4,16-18,21H2,1-2H3. The van der Waals surface area contributed by atoms with Crippen molar-refractivity contribution in [1.29, 1.82) is 0 Å². The van der Waals surface area contributed by atoms with E-state index in [-0.39, 0.29) is 22.8 Å². The molecule has 38 heavy (non-hydrogen) atoms. The van der Waals surface area contributed by atoms with Crippen LogP contribution in [0.2, 0.25) is 0 Å². The van der Waals surface area contributed by atoms with E-state index < -0.39 is 27.5 Å². The van der Waals surface area contributed by atoms with Gasteiger partial charge in [-0.05, 0) is 61.1 Å². The van der Waals surface area contributed by atoms with Gasteiger partial charge in [-0.3, -0.25) is 4.72 Å². The number of nitrogens with zero attached hydrogens (tertiary/aromatic N) is 1. The second-order valence-electron chi connectivity index (χ2n) is 9.71. The van der Waals surface area contributed by atoms with E-state index in [9.17, 15) is 18.3 Å². The number of carbonyl (C=O) groups excluding carboxylic acids is 1. The lowest BCUT2D eigenvalue weighted by molar-refractivity contribution is -0.161. The van der Waals surface area contributed by atoms with Crippen LogP contribution in [-0.4, -0.2) is 30.1 Å². The molecule has 2 heterocycles. The maximum absolute atomic E-state index is 13.4. The van der Waals surface area contributed by atoms with Gasteiger partial charge in [-0.2, -0.15) is 8.42 Å². The molecular formula is C30H34N2O5S. The van der Waals surface area contributed by atoms with Gasteiger partial charge in [-0.1, -0.05) is 68.8 Å². The fourth-order valence-corrected chi connectivity index (χ4v) is 6.16. The van der Waals surface area contributed by atoms with Gasteiger partial charge < -0.3 is 9.84 Å². The third-order valence-corrected chi connectivity index (χ3v) is 8.25. The SMILES string of the molecule is CCCC1(CCc2ccccc2)CC(O)=C(C(CC)c2cccc(NS(=O)(=O)c3ccccn3)c2)C(=O)O1. The van der Waals surface area contributed by atoms with Gasteiger partial charge in [0.25, 0.3) is 10.0 Å². The number of esters is 1. The Morgan fingerprint density at radius 2 is 1.79 bits per heavy atom. The fourth-order valence-electron chi connectivity index (χ4n) is 5.16. The van der Waals surface area contributed by atoms with Crippen LogP contribution in [0.3, 0.4) is 0 Å². The van der Waals surface area contributed by atoms with Crippen molar-refractivity contribution in [1.82, 2.24) is 4.98 Å². The molecule has 0 saturated carbocycles. The van der Waals surface area contributed by atoms with Crippen LogP contribution in [0.4, 0.5) is 5.69 Å². The minimum absolute atomic E-state index is 0.0501. The molecular weight excluding hydrogens is 500 g/mol. The van der Waals surface area contributed by atoms with Crippen molar-refractivity contribution in [3.05, 3.63) is 101 Å². The number of anilines is 1. The van der Waals surface area contributed by atoms with Crippen molar-refractivity contribution in [2.75, 3.05) is 4.72 Å². The minimum Gasteiger partial charge on any atom is -0.512 e. The van der Waals surface area contributed by atoms with E-state index in [4.69, 9.17) is 4.74 Å². The molecule has 0 bridgehead atoms.